The van der Waals surface area contributed by atoms with Crippen molar-refractivity contribution in [3.05, 3.63) is 65.2 Å². The van der Waals surface area contributed by atoms with Crippen LogP contribution in [0.5, 0.6) is 0 Å². The lowest BCUT2D eigenvalue weighted by Gasteiger charge is -2.22. The Balaban J connectivity index is 1.59. The van der Waals surface area contributed by atoms with Crippen molar-refractivity contribution in [3.8, 4) is 0 Å². The average Bonchev–Trinajstić information content (AvgIpc) is 2.68. The fourth-order valence-electron chi connectivity index (χ4n) is 3.07. The van der Waals surface area contributed by atoms with Crippen LogP contribution in [-0.2, 0) is 6.54 Å². The highest BCUT2D eigenvalue weighted by Gasteiger charge is 2.18. The summed E-state index contributed by atoms with van der Waals surface area (Å²) in [6.45, 7) is 0.263. The van der Waals surface area contributed by atoms with Gasteiger partial charge < -0.3 is 10.6 Å². The number of aromatic nitrogens is 1. The van der Waals surface area contributed by atoms with Crippen molar-refractivity contribution in [1.29, 1.82) is 0 Å². The number of nitrogens with zero attached hydrogens (tertiary/aromatic N) is 1. The standard InChI is InChI=1S/C20H22FN3O2/c21-15-11-9-14(10-12-15)13-22-19(25)17-7-4-8-18(24-17)20(26)23-16-5-2-1-3-6-16/h4,7-12,16H,1-3,5-6,13H2,(H,22,25)(H,23,26). The summed E-state index contributed by atoms with van der Waals surface area (Å²) in [6, 6.07) is 10.9. The number of amides is 2. The molecule has 2 N–H and O–H groups in total. The molecule has 0 atom stereocenters. The molecule has 26 heavy (non-hydrogen) atoms. The Hall–Kier alpha value is -2.76. The van der Waals surface area contributed by atoms with Crippen LogP contribution >= 0.6 is 0 Å². The van der Waals surface area contributed by atoms with Crippen LogP contribution in [-0.4, -0.2) is 22.8 Å². The van der Waals surface area contributed by atoms with E-state index in [4.69, 9.17) is 0 Å². The monoisotopic (exact) mass is 355 g/mol. The Labute approximate surface area is 152 Å². The summed E-state index contributed by atoms with van der Waals surface area (Å²) in [5.74, 6) is -0.940. The molecule has 0 bridgehead atoms. The lowest BCUT2D eigenvalue weighted by molar-refractivity contribution is 0.0922. The molecule has 5 nitrogen and oxygen atoms in total. The van der Waals surface area contributed by atoms with Crippen LogP contribution in [0.3, 0.4) is 0 Å². The van der Waals surface area contributed by atoms with Gasteiger partial charge in [-0.3, -0.25) is 9.59 Å². The van der Waals surface area contributed by atoms with Gasteiger partial charge in [0.05, 0.1) is 0 Å². The maximum atomic E-state index is 12.9. The molecule has 0 aliphatic heterocycles. The zero-order chi connectivity index (χ0) is 18.4. The lowest BCUT2D eigenvalue weighted by Crippen LogP contribution is -2.36. The van der Waals surface area contributed by atoms with Gasteiger partial charge in [0.15, 0.2) is 0 Å². The molecular formula is C20H22FN3O2. The summed E-state index contributed by atoms with van der Waals surface area (Å²) in [5.41, 5.74) is 1.21. The summed E-state index contributed by atoms with van der Waals surface area (Å²) in [6.07, 6.45) is 5.45. The number of benzene rings is 1. The van der Waals surface area contributed by atoms with Crippen molar-refractivity contribution in [2.75, 3.05) is 0 Å². The average molecular weight is 355 g/mol. The minimum atomic E-state index is -0.373. The smallest absolute Gasteiger partial charge is 0.270 e. The molecule has 2 aromatic rings. The van der Waals surface area contributed by atoms with Crippen LogP contribution < -0.4 is 10.6 Å². The van der Waals surface area contributed by atoms with Gasteiger partial charge in [-0.05, 0) is 42.7 Å². The van der Waals surface area contributed by atoms with Gasteiger partial charge in [0.2, 0.25) is 0 Å². The molecule has 2 amide bonds. The summed E-state index contributed by atoms with van der Waals surface area (Å²) < 4.78 is 12.9. The van der Waals surface area contributed by atoms with Crippen LogP contribution in [0.15, 0.2) is 42.5 Å². The first-order valence-electron chi connectivity index (χ1n) is 8.92. The molecule has 1 aliphatic carbocycles. The Bertz CT molecular complexity index is 771. The third-order valence-corrected chi connectivity index (χ3v) is 4.52. The first-order chi connectivity index (χ1) is 12.6. The zero-order valence-corrected chi connectivity index (χ0v) is 14.5. The number of nitrogens with one attached hydrogen (secondary N) is 2. The molecule has 136 valence electrons. The van der Waals surface area contributed by atoms with E-state index < -0.39 is 0 Å². The second-order valence-corrected chi connectivity index (χ2v) is 6.53. The van der Waals surface area contributed by atoms with Crippen molar-refractivity contribution in [2.24, 2.45) is 0 Å². The van der Waals surface area contributed by atoms with Crippen LogP contribution in [0, 0.1) is 5.82 Å². The van der Waals surface area contributed by atoms with Gasteiger partial charge in [-0.15, -0.1) is 0 Å². The molecule has 6 heteroatoms. The van der Waals surface area contributed by atoms with Crippen molar-refractivity contribution in [2.45, 2.75) is 44.7 Å². The Kier molecular flexibility index (Phi) is 5.94. The van der Waals surface area contributed by atoms with Gasteiger partial charge >= 0.3 is 0 Å². The van der Waals surface area contributed by atoms with Crippen LogP contribution in [0.25, 0.3) is 0 Å². The van der Waals surface area contributed by atoms with E-state index >= 15 is 0 Å². The van der Waals surface area contributed by atoms with Gasteiger partial charge in [0.25, 0.3) is 11.8 Å². The molecule has 1 saturated carbocycles. The number of hydrogen-bond donors (Lipinski definition) is 2. The molecule has 0 saturated heterocycles. The van der Waals surface area contributed by atoms with E-state index in [1.165, 1.54) is 18.6 Å². The fourth-order valence-corrected chi connectivity index (χ4v) is 3.07. The molecule has 0 radical (unpaired) electrons. The predicted octanol–water partition coefficient (Wildman–Crippen LogP) is 3.21. The number of halogens is 1. The molecular weight excluding hydrogens is 333 g/mol. The van der Waals surface area contributed by atoms with Gasteiger partial charge in [0.1, 0.15) is 17.2 Å². The summed E-state index contributed by atoms with van der Waals surface area (Å²) in [5, 5.41) is 5.72. The Morgan fingerprint density at radius 2 is 1.62 bits per heavy atom. The first kappa shape index (κ1) is 18.0. The van der Waals surface area contributed by atoms with E-state index in [0.29, 0.717) is 0 Å². The maximum Gasteiger partial charge on any atom is 0.270 e. The van der Waals surface area contributed by atoms with Gasteiger partial charge in [-0.1, -0.05) is 37.5 Å². The van der Waals surface area contributed by atoms with Crippen molar-refractivity contribution >= 4 is 11.8 Å². The largest absolute Gasteiger partial charge is 0.348 e. The Morgan fingerprint density at radius 1 is 0.962 bits per heavy atom. The van der Waals surface area contributed by atoms with Crippen molar-refractivity contribution in [1.82, 2.24) is 15.6 Å². The third kappa shape index (κ3) is 4.88. The first-order valence-corrected chi connectivity index (χ1v) is 8.92. The quantitative estimate of drug-likeness (QED) is 0.865. The summed E-state index contributed by atoms with van der Waals surface area (Å²) in [4.78, 5) is 28.8. The second kappa shape index (κ2) is 8.56. The normalized spacial score (nSPS) is 14.7. The van der Waals surface area contributed by atoms with Crippen LogP contribution in [0.1, 0.15) is 58.6 Å². The van der Waals surface area contributed by atoms with Crippen LogP contribution in [0.4, 0.5) is 4.39 Å². The molecule has 1 fully saturated rings. The highest BCUT2D eigenvalue weighted by atomic mass is 19.1. The number of hydrogen-bond acceptors (Lipinski definition) is 3. The number of pyridine rings is 1. The summed E-state index contributed by atoms with van der Waals surface area (Å²) >= 11 is 0. The molecule has 3 rings (SSSR count). The molecule has 0 spiro atoms. The zero-order valence-electron chi connectivity index (χ0n) is 14.5. The van der Waals surface area contributed by atoms with Crippen molar-refractivity contribution < 1.29 is 14.0 Å². The predicted molar refractivity (Wildman–Crippen MR) is 96.1 cm³/mol. The highest BCUT2D eigenvalue weighted by Crippen LogP contribution is 2.17. The van der Waals surface area contributed by atoms with Crippen LogP contribution in [0.2, 0.25) is 0 Å². The lowest BCUT2D eigenvalue weighted by atomic mass is 9.95. The fraction of sp³-hybridized carbons (Fsp3) is 0.350. The molecule has 1 heterocycles. The van der Waals surface area contributed by atoms with E-state index in [-0.39, 0.29) is 41.6 Å². The SMILES string of the molecule is O=C(NCc1ccc(F)cc1)c1cccc(C(=O)NC2CCCCC2)n1. The summed E-state index contributed by atoms with van der Waals surface area (Å²) in [7, 11) is 0. The van der Waals surface area contributed by atoms with Gasteiger partial charge in [-0.2, -0.15) is 0 Å². The van der Waals surface area contributed by atoms with E-state index in [9.17, 15) is 14.0 Å². The topological polar surface area (TPSA) is 71.1 Å². The van der Waals surface area contributed by atoms with E-state index in [1.54, 1.807) is 30.3 Å². The highest BCUT2D eigenvalue weighted by molar-refractivity contribution is 5.96. The molecule has 1 aromatic heterocycles. The van der Waals surface area contributed by atoms with Gasteiger partial charge in [-0.25, -0.2) is 9.37 Å². The van der Waals surface area contributed by atoms with E-state index in [2.05, 4.69) is 15.6 Å². The second-order valence-electron chi connectivity index (χ2n) is 6.53. The maximum absolute atomic E-state index is 12.9. The van der Waals surface area contributed by atoms with Crippen molar-refractivity contribution in [3.63, 3.8) is 0 Å². The van der Waals surface area contributed by atoms with E-state index in [0.717, 1.165) is 31.2 Å². The molecule has 1 aliphatic rings. The van der Waals surface area contributed by atoms with Gasteiger partial charge in [0, 0.05) is 12.6 Å². The Morgan fingerprint density at radius 3 is 2.31 bits per heavy atom. The minimum absolute atomic E-state index is 0.184. The minimum Gasteiger partial charge on any atom is -0.348 e. The number of rotatable bonds is 5. The third-order valence-electron chi connectivity index (χ3n) is 4.52. The molecule has 0 unspecified atom stereocenters. The number of carbonyl (C=O) groups excluding carboxylic acids is 2. The molecule has 1 aromatic carbocycles. The van der Waals surface area contributed by atoms with E-state index in [1.807, 2.05) is 0 Å². The number of carbonyl (C=O) groups is 2.